The van der Waals surface area contributed by atoms with Crippen LogP contribution in [0, 0.1) is 19.8 Å². The second-order valence-electron chi connectivity index (χ2n) is 6.36. The van der Waals surface area contributed by atoms with E-state index in [1.54, 1.807) is 30.5 Å². The Morgan fingerprint density at radius 1 is 1.13 bits per heavy atom. The Kier molecular flexibility index (Phi) is 5.15. The fourth-order valence-corrected chi connectivity index (χ4v) is 4.85. The highest BCUT2D eigenvalue weighted by Crippen LogP contribution is 2.24. The molecule has 1 aliphatic heterocycles. The average molecular weight is 342 g/mol. The molecule has 0 radical (unpaired) electrons. The lowest BCUT2D eigenvalue weighted by Gasteiger charge is -2.23. The molecule has 1 amide bonds. The molecule has 1 aromatic heterocycles. The number of aryl methyl sites for hydroxylation is 2. The molecule has 0 aromatic carbocycles. The first kappa shape index (κ1) is 17.9. The number of nitrogens with zero attached hydrogens (tertiary/aromatic N) is 4. The fraction of sp³-hybridized carbons (Fsp3) is 0.733. The van der Waals surface area contributed by atoms with E-state index in [2.05, 4.69) is 5.10 Å². The lowest BCUT2D eigenvalue weighted by Crippen LogP contribution is -2.39. The van der Waals surface area contributed by atoms with Gasteiger partial charge in [0.2, 0.25) is 15.9 Å². The van der Waals surface area contributed by atoms with Crippen molar-refractivity contribution in [3.05, 3.63) is 11.4 Å². The molecule has 8 heteroatoms. The van der Waals surface area contributed by atoms with Gasteiger partial charge in [0.15, 0.2) is 0 Å². The summed E-state index contributed by atoms with van der Waals surface area (Å²) in [5.41, 5.74) is 1.16. The molecule has 0 aliphatic carbocycles. The van der Waals surface area contributed by atoms with Gasteiger partial charge in [-0.1, -0.05) is 13.8 Å². The van der Waals surface area contributed by atoms with Gasteiger partial charge < -0.3 is 4.90 Å². The summed E-state index contributed by atoms with van der Waals surface area (Å²) in [5, 5.41) is 4.21. The lowest BCUT2D eigenvalue weighted by atomic mass is 10.2. The van der Waals surface area contributed by atoms with Gasteiger partial charge in [-0.25, -0.2) is 8.42 Å². The number of rotatable bonds is 3. The van der Waals surface area contributed by atoms with E-state index in [0.717, 1.165) is 0 Å². The second-order valence-corrected chi connectivity index (χ2v) is 8.24. The second kappa shape index (κ2) is 6.60. The van der Waals surface area contributed by atoms with Gasteiger partial charge in [0.05, 0.1) is 11.4 Å². The van der Waals surface area contributed by atoms with Gasteiger partial charge in [-0.2, -0.15) is 9.40 Å². The van der Waals surface area contributed by atoms with E-state index in [9.17, 15) is 13.2 Å². The van der Waals surface area contributed by atoms with Gasteiger partial charge in [-0.3, -0.25) is 9.48 Å². The first-order valence-electron chi connectivity index (χ1n) is 7.95. The van der Waals surface area contributed by atoms with E-state index < -0.39 is 10.0 Å². The lowest BCUT2D eigenvalue weighted by molar-refractivity contribution is -0.134. The zero-order valence-corrected chi connectivity index (χ0v) is 15.4. The molecule has 1 aliphatic rings. The zero-order chi connectivity index (χ0) is 17.4. The third kappa shape index (κ3) is 3.42. The van der Waals surface area contributed by atoms with Crippen molar-refractivity contribution < 1.29 is 13.2 Å². The van der Waals surface area contributed by atoms with Crippen molar-refractivity contribution in [2.75, 3.05) is 26.2 Å². The summed E-state index contributed by atoms with van der Waals surface area (Å²) in [6.45, 7) is 9.01. The maximum atomic E-state index is 13.0. The Labute approximate surface area is 138 Å². The summed E-state index contributed by atoms with van der Waals surface area (Å²) in [6, 6.07) is 0. The van der Waals surface area contributed by atoms with Crippen molar-refractivity contribution >= 4 is 15.9 Å². The normalized spacial score (nSPS) is 17.6. The quantitative estimate of drug-likeness (QED) is 0.818. The summed E-state index contributed by atoms with van der Waals surface area (Å²) in [5.74, 6) is 0.0129. The molecule has 0 saturated carbocycles. The predicted octanol–water partition coefficient (Wildman–Crippen LogP) is 0.916. The van der Waals surface area contributed by atoms with Crippen LogP contribution in [-0.2, 0) is 21.9 Å². The molecular weight excluding hydrogens is 316 g/mol. The van der Waals surface area contributed by atoms with Crippen LogP contribution in [0.1, 0.15) is 31.7 Å². The minimum absolute atomic E-state index is 0.0685. The van der Waals surface area contributed by atoms with Gasteiger partial charge in [0.1, 0.15) is 4.90 Å². The van der Waals surface area contributed by atoms with E-state index in [1.807, 2.05) is 13.8 Å². The third-order valence-electron chi connectivity index (χ3n) is 4.30. The monoisotopic (exact) mass is 342 g/mol. The van der Waals surface area contributed by atoms with E-state index in [1.165, 1.54) is 4.31 Å². The molecule has 1 aromatic rings. The topological polar surface area (TPSA) is 75.5 Å². The molecule has 2 heterocycles. The highest BCUT2D eigenvalue weighted by Gasteiger charge is 2.32. The summed E-state index contributed by atoms with van der Waals surface area (Å²) in [4.78, 5) is 14.2. The molecule has 130 valence electrons. The Morgan fingerprint density at radius 3 is 2.30 bits per heavy atom. The molecule has 7 nitrogen and oxygen atoms in total. The molecule has 1 saturated heterocycles. The highest BCUT2D eigenvalue weighted by molar-refractivity contribution is 7.89. The van der Waals surface area contributed by atoms with E-state index in [0.29, 0.717) is 48.9 Å². The molecule has 23 heavy (non-hydrogen) atoms. The van der Waals surface area contributed by atoms with Crippen molar-refractivity contribution in [2.24, 2.45) is 13.0 Å². The van der Waals surface area contributed by atoms with Crippen LogP contribution in [0.5, 0.6) is 0 Å². The van der Waals surface area contributed by atoms with Crippen LogP contribution in [0.25, 0.3) is 0 Å². The van der Waals surface area contributed by atoms with Crippen LogP contribution in [0.4, 0.5) is 0 Å². The van der Waals surface area contributed by atoms with Gasteiger partial charge >= 0.3 is 0 Å². The smallest absolute Gasteiger partial charge is 0.246 e. The Hall–Kier alpha value is -1.41. The largest absolute Gasteiger partial charge is 0.341 e. The summed E-state index contributed by atoms with van der Waals surface area (Å²) in [7, 11) is -1.84. The van der Waals surface area contributed by atoms with Crippen LogP contribution in [0.3, 0.4) is 0 Å². The maximum absolute atomic E-state index is 13.0. The van der Waals surface area contributed by atoms with Crippen molar-refractivity contribution in [3.63, 3.8) is 0 Å². The molecular formula is C15H26N4O3S. The van der Waals surface area contributed by atoms with Crippen molar-refractivity contribution in [1.82, 2.24) is 19.0 Å². The van der Waals surface area contributed by atoms with Crippen molar-refractivity contribution in [3.8, 4) is 0 Å². The molecule has 0 unspecified atom stereocenters. The van der Waals surface area contributed by atoms with Gasteiger partial charge in [-0.15, -0.1) is 0 Å². The SMILES string of the molecule is Cc1nn(C)c(C)c1S(=O)(=O)N1CCCN(C(=O)C(C)C)CC1. The van der Waals surface area contributed by atoms with E-state index in [4.69, 9.17) is 0 Å². The minimum atomic E-state index is -3.58. The van der Waals surface area contributed by atoms with Crippen LogP contribution in [0.2, 0.25) is 0 Å². The highest BCUT2D eigenvalue weighted by atomic mass is 32.2. The van der Waals surface area contributed by atoms with Crippen molar-refractivity contribution in [2.45, 2.75) is 39.0 Å². The molecule has 0 N–H and O–H groups in total. The number of amides is 1. The van der Waals surface area contributed by atoms with Crippen molar-refractivity contribution in [1.29, 1.82) is 0 Å². The number of aromatic nitrogens is 2. The van der Waals surface area contributed by atoms with Gasteiger partial charge in [0.25, 0.3) is 0 Å². The number of hydrogen-bond acceptors (Lipinski definition) is 4. The molecule has 1 fully saturated rings. The number of hydrogen-bond donors (Lipinski definition) is 0. The molecule has 0 bridgehead atoms. The van der Waals surface area contributed by atoms with Crippen LogP contribution in [-0.4, -0.2) is 59.5 Å². The van der Waals surface area contributed by atoms with Crippen LogP contribution in [0.15, 0.2) is 4.90 Å². The van der Waals surface area contributed by atoms with E-state index in [-0.39, 0.29) is 11.8 Å². The summed E-state index contributed by atoms with van der Waals surface area (Å²) in [6.07, 6.45) is 0.649. The third-order valence-corrected chi connectivity index (χ3v) is 6.45. The summed E-state index contributed by atoms with van der Waals surface area (Å²) >= 11 is 0. The van der Waals surface area contributed by atoms with Crippen LogP contribution < -0.4 is 0 Å². The van der Waals surface area contributed by atoms with Crippen LogP contribution >= 0.6 is 0 Å². The zero-order valence-electron chi connectivity index (χ0n) is 14.5. The molecule has 0 atom stereocenters. The Bertz CT molecular complexity index is 694. The first-order chi connectivity index (χ1) is 10.7. The maximum Gasteiger partial charge on any atom is 0.246 e. The number of carbonyl (C=O) groups is 1. The average Bonchev–Trinajstić information content (AvgIpc) is 2.67. The minimum Gasteiger partial charge on any atom is -0.341 e. The standard InChI is InChI=1S/C15H26N4O3S/c1-11(2)15(20)18-7-6-8-19(10-9-18)23(21,22)14-12(3)16-17(5)13(14)4/h11H,6-10H2,1-5H3. The molecule has 2 rings (SSSR count). The van der Waals surface area contributed by atoms with Gasteiger partial charge in [-0.05, 0) is 20.3 Å². The summed E-state index contributed by atoms with van der Waals surface area (Å²) < 4.78 is 29.0. The molecule has 0 spiro atoms. The number of sulfonamides is 1. The number of carbonyl (C=O) groups excluding carboxylic acids is 1. The Morgan fingerprint density at radius 2 is 1.78 bits per heavy atom. The van der Waals surface area contributed by atoms with Gasteiger partial charge in [0, 0.05) is 39.1 Å². The first-order valence-corrected chi connectivity index (χ1v) is 9.39. The van der Waals surface area contributed by atoms with E-state index >= 15 is 0 Å². The fourth-order valence-electron chi connectivity index (χ4n) is 2.98. The Balaban J connectivity index is 2.23. The predicted molar refractivity (Wildman–Crippen MR) is 87.5 cm³/mol.